The summed E-state index contributed by atoms with van der Waals surface area (Å²) in [5.41, 5.74) is 3.71. The quantitative estimate of drug-likeness (QED) is 0.934. The second-order valence-electron chi connectivity index (χ2n) is 7.03. The van der Waals surface area contributed by atoms with E-state index < -0.39 is 0 Å². The lowest BCUT2D eigenvalue weighted by Crippen LogP contribution is -2.42. The molecule has 0 saturated carbocycles. The number of anilines is 1. The number of aryl methyl sites for hydroxylation is 3. The van der Waals surface area contributed by atoms with Gasteiger partial charge in [0, 0.05) is 31.2 Å². The van der Waals surface area contributed by atoms with Crippen molar-refractivity contribution in [3.8, 4) is 0 Å². The Balaban J connectivity index is 1.43. The van der Waals surface area contributed by atoms with Crippen LogP contribution in [-0.4, -0.2) is 38.8 Å². The highest BCUT2D eigenvalue weighted by Crippen LogP contribution is 2.27. The summed E-state index contributed by atoms with van der Waals surface area (Å²) in [6.45, 7) is 4.46. The van der Waals surface area contributed by atoms with Crippen molar-refractivity contribution in [3.05, 3.63) is 41.5 Å². The molecular formula is C19H25N5O. The Morgan fingerprint density at radius 2 is 2.16 bits per heavy atom. The summed E-state index contributed by atoms with van der Waals surface area (Å²) < 4.78 is 2.08. The van der Waals surface area contributed by atoms with Crippen molar-refractivity contribution >= 4 is 11.7 Å². The Hall–Kier alpha value is -2.37. The van der Waals surface area contributed by atoms with Crippen LogP contribution in [-0.2, 0) is 19.4 Å². The summed E-state index contributed by atoms with van der Waals surface area (Å²) in [6, 6.07) is 6.30. The molecule has 1 aromatic carbocycles. The average Bonchev–Trinajstić information content (AvgIpc) is 3.30. The van der Waals surface area contributed by atoms with Gasteiger partial charge in [-0.15, -0.1) is 10.2 Å². The highest BCUT2D eigenvalue weighted by atomic mass is 16.2. The largest absolute Gasteiger partial charge is 0.324 e. The predicted octanol–water partition coefficient (Wildman–Crippen LogP) is 3.20. The molecule has 1 aromatic heterocycles. The Kier molecular flexibility index (Phi) is 4.42. The van der Waals surface area contributed by atoms with E-state index in [4.69, 9.17) is 0 Å². The molecule has 1 unspecified atom stereocenters. The molecule has 6 nitrogen and oxygen atoms in total. The van der Waals surface area contributed by atoms with Crippen molar-refractivity contribution in [2.75, 3.05) is 18.4 Å². The Morgan fingerprint density at radius 3 is 3.04 bits per heavy atom. The smallest absolute Gasteiger partial charge is 0.321 e. The molecule has 1 N–H and O–H groups in total. The second-order valence-corrected chi connectivity index (χ2v) is 7.03. The standard InChI is InChI=1S/C19H25N5O/c1-2-23-13-20-22-18(23)16-7-4-10-24(12-16)19(25)21-17-9-8-14-5-3-6-15(14)11-17/h8-9,11,13,16H,2-7,10,12H2,1H3,(H,21,25). The zero-order valence-corrected chi connectivity index (χ0v) is 14.7. The predicted molar refractivity (Wildman–Crippen MR) is 96.7 cm³/mol. The molecule has 132 valence electrons. The van der Waals surface area contributed by atoms with E-state index in [1.54, 1.807) is 6.33 Å². The first-order valence-corrected chi connectivity index (χ1v) is 9.30. The highest BCUT2D eigenvalue weighted by molar-refractivity contribution is 5.89. The van der Waals surface area contributed by atoms with E-state index in [0.29, 0.717) is 6.54 Å². The maximum atomic E-state index is 12.7. The zero-order chi connectivity index (χ0) is 17.2. The van der Waals surface area contributed by atoms with Crippen LogP contribution in [0.5, 0.6) is 0 Å². The molecular weight excluding hydrogens is 314 g/mol. The summed E-state index contributed by atoms with van der Waals surface area (Å²) in [5.74, 6) is 1.26. The third kappa shape index (κ3) is 3.25. The molecule has 1 fully saturated rings. The van der Waals surface area contributed by atoms with Gasteiger partial charge in [0.05, 0.1) is 0 Å². The number of hydrogen-bond donors (Lipinski definition) is 1. The summed E-state index contributed by atoms with van der Waals surface area (Å²) in [6.07, 6.45) is 7.34. The minimum absolute atomic E-state index is 0.00906. The molecule has 6 heteroatoms. The second kappa shape index (κ2) is 6.86. The van der Waals surface area contributed by atoms with E-state index >= 15 is 0 Å². The van der Waals surface area contributed by atoms with Crippen LogP contribution >= 0.6 is 0 Å². The third-order valence-electron chi connectivity index (χ3n) is 5.41. The highest BCUT2D eigenvalue weighted by Gasteiger charge is 2.28. The number of likely N-dealkylation sites (tertiary alicyclic amines) is 1. The lowest BCUT2D eigenvalue weighted by atomic mass is 9.97. The Morgan fingerprint density at radius 1 is 1.28 bits per heavy atom. The molecule has 0 spiro atoms. The van der Waals surface area contributed by atoms with Crippen LogP contribution in [0, 0.1) is 0 Å². The molecule has 2 heterocycles. The zero-order valence-electron chi connectivity index (χ0n) is 14.7. The number of aromatic nitrogens is 3. The summed E-state index contributed by atoms with van der Waals surface area (Å²) >= 11 is 0. The van der Waals surface area contributed by atoms with E-state index in [-0.39, 0.29) is 11.9 Å². The molecule has 2 aliphatic rings. The first kappa shape index (κ1) is 16.1. The minimum atomic E-state index is -0.00906. The van der Waals surface area contributed by atoms with Crippen LogP contribution in [0.25, 0.3) is 0 Å². The monoisotopic (exact) mass is 339 g/mol. The molecule has 1 saturated heterocycles. The van der Waals surface area contributed by atoms with Gasteiger partial charge >= 0.3 is 6.03 Å². The molecule has 2 amide bonds. The number of piperidine rings is 1. The van der Waals surface area contributed by atoms with Crippen molar-refractivity contribution in [1.82, 2.24) is 19.7 Å². The maximum absolute atomic E-state index is 12.7. The SMILES string of the molecule is CCn1cnnc1C1CCCN(C(=O)Nc2ccc3c(c2)CCC3)C1. The first-order valence-electron chi connectivity index (χ1n) is 9.30. The lowest BCUT2D eigenvalue weighted by molar-refractivity contribution is 0.190. The number of urea groups is 1. The first-order chi connectivity index (χ1) is 12.2. The van der Waals surface area contributed by atoms with Crippen LogP contribution < -0.4 is 5.32 Å². The topological polar surface area (TPSA) is 63.1 Å². The van der Waals surface area contributed by atoms with Gasteiger partial charge in [0.15, 0.2) is 0 Å². The number of carbonyl (C=O) groups excluding carboxylic acids is 1. The molecule has 1 aliphatic carbocycles. The fraction of sp³-hybridized carbons (Fsp3) is 0.526. The van der Waals surface area contributed by atoms with E-state index in [2.05, 4.69) is 39.1 Å². The minimum Gasteiger partial charge on any atom is -0.324 e. The molecule has 0 bridgehead atoms. The Bertz CT molecular complexity index is 769. The van der Waals surface area contributed by atoms with Crippen LogP contribution in [0.3, 0.4) is 0 Å². The van der Waals surface area contributed by atoms with Gasteiger partial charge < -0.3 is 14.8 Å². The lowest BCUT2D eigenvalue weighted by Gasteiger charge is -2.32. The van der Waals surface area contributed by atoms with Crippen LogP contribution in [0.2, 0.25) is 0 Å². The summed E-state index contributed by atoms with van der Waals surface area (Å²) in [5, 5.41) is 11.4. The van der Waals surface area contributed by atoms with Gasteiger partial charge in [-0.05, 0) is 62.3 Å². The number of amides is 2. The van der Waals surface area contributed by atoms with E-state index in [1.165, 1.54) is 17.5 Å². The van der Waals surface area contributed by atoms with Gasteiger partial charge in [0.25, 0.3) is 0 Å². The maximum Gasteiger partial charge on any atom is 0.321 e. The molecule has 1 aliphatic heterocycles. The molecule has 4 rings (SSSR count). The molecule has 25 heavy (non-hydrogen) atoms. The summed E-state index contributed by atoms with van der Waals surface area (Å²) in [7, 11) is 0. The van der Waals surface area contributed by atoms with Crippen molar-refractivity contribution in [1.29, 1.82) is 0 Å². The summed E-state index contributed by atoms with van der Waals surface area (Å²) in [4.78, 5) is 14.6. The van der Waals surface area contributed by atoms with Crippen molar-refractivity contribution in [2.24, 2.45) is 0 Å². The van der Waals surface area contributed by atoms with Crippen molar-refractivity contribution < 1.29 is 4.79 Å². The van der Waals surface area contributed by atoms with Gasteiger partial charge in [-0.3, -0.25) is 0 Å². The van der Waals surface area contributed by atoms with Gasteiger partial charge in [0.1, 0.15) is 12.2 Å². The number of rotatable bonds is 3. The van der Waals surface area contributed by atoms with Gasteiger partial charge in [0.2, 0.25) is 0 Å². The van der Waals surface area contributed by atoms with Gasteiger partial charge in [-0.2, -0.15) is 0 Å². The molecule has 1 atom stereocenters. The fourth-order valence-electron chi connectivity index (χ4n) is 4.05. The van der Waals surface area contributed by atoms with E-state index in [9.17, 15) is 4.79 Å². The number of nitrogens with zero attached hydrogens (tertiary/aromatic N) is 4. The third-order valence-corrected chi connectivity index (χ3v) is 5.41. The Labute approximate surface area is 148 Å². The average molecular weight is 339 g/mol. The fourth-order valence-corrected chi connectivity index (χ4v) is 4.05. The number of nitrogens with one attached hydrogen (secondary N) is 1. The van der Waals surface area contributed by atoms with Crippen molar-refractivity contribution in [2.45, 2.75) is 51.5 Å². The normalized spacial score (nSPS) is 19.7. The molecule has 2 aromatic rings. The number of carbonyl (C=O) groups is 1. The van der Waals surface area contributed by atoms with Gasteiger partial charge in [-0.1, -0.05) is 6.07 Å². The van der Waals surface area contributed by atoms with Crippen LogP contribution in [0.15, 0.2) is 24.5 Å². The van der Waals surface area contributed by atoms with Gasteiger partial charge in [-0.25, -0.2) is 4.79 Å². The number of fused-ring (bicyclic) bond motifs is 1. The van der Waals surface area contributed by atoms with Crippen molar-refractivity contribution in [3.63, 3.8) is 0 Å². The van der Waals surface area contributed by atoms with Crippen LogP contribution in [0.4, 0.5) is 10.5 Å². The molecule has 0 radical (unpaired) electrons. The van der Waals surface area contributed by atoms with E-state index in [1.807, 2.05) is 11.0 Å². The van der Waals surface area contributed by atoms with E-state index in [0.717, 1.165) is 50.3 Å². The number of benzene rings is 1. The van der Waals surface area contributed by atoms with Crippen LogP contribution in [0.1, 0.15) is 49.1 Å². The number of hydrogen-bond acceptors (Lipinski definition) is 3.